The zero-order valence-electron chi connectivity index (χ0n) is 9.46. The van der Waals surface area contributed by atoms with Crippen LogP contribution < -0.4 is 5.32 Å². The van der Waals surface area contributed by atoms with Crippen molar-refractivity contribution in [1.82, 2.24) is 15.2 Å². The minimum Gasteiger partial charge on any atom is -0.465 e. The lowest BCUT2D eigenvalue weighted by Crippen LogP contribution is -2.60. The van der Waals surface area contributed by atoms with E-state index in [9.17, 15) is 9.59 Å². The Hall–Kier alpha value is -1.40. The molecule has 3 N–H and O–H groups in total. The molecule has 0 aromatic carbocycles. The van der Waals surface area contributed by atoms with E-state index in [0.29, 0.717) is 10.7 Å². The number of likely N-dealkylation sites (tertiary alicyclic amines) is 1. The van der Waals surface area contributed by atoms with Crippen molar-refractivity contribution in [3.8, 4) is 0 Å². The Morgan fingerprint density at radius 2 is 2.00 bits per heavy atom. The highest BCUT2D eigenvalue weighted by Crippen LogP contribution is 2.29. The van der Waals surface area contributed by atoms with Gasteiger partial charge in [0.15, 0.2) is 0 Å². The first-order chi connectivity index (χ1) is 8.40. The summed E-state index contributed by atoms with van der Waals surface area (Å²) in [7, 11) is 0. The predicted octanol–water partition coefficient (Wildman–Crippen LogP) is 1.72. The van der Waals surface area contributed by atoms with Crippen molar-refractivity contribution >= 4 is 35.2 Å². The van der Waals surface area contributed by atoms with Gasteiger partial charge >= 0.3 is 6.09 Å². The second kappa shape index (κ2) is 4.70. The molecule has 0 radical (unpaired) electrons. The zero-order chi connectivity index (χ0) is 13.4. The molecule has 1 fully saturated rings. The topological polar surface area (TPSA) is 85.4 Å². The van der Waals surface area contributed by atoms with Gasteiger partial charge in [0, 0.05) is 18.8 Å². The van der Waals surface area contributed by atoms with E-state index in [1.165, 1.54) is 4.90 Å². The molecule has 6 nitrogen and oxygen atoms in total. The molecule has 98 valence electrons. The first kappa shape index (κ1) is 13.0. The molecule has 0 bridgehead atoms. The Bertz CT molecular complexity index is 509. The molecule has 1 aliphatic heterocycles. The maximum absolute atomic E-state index is 11.9. The fourth-order valence-corrected chi connectivity index (χ4v) is 2.13. The summed E-state index contributed by atoms with van der Waals surface area (Å²) in [4.78, 5) is 26.4. The van der Waals surface area contributed by atoms with Gasteiger partial charge in [0.05, 0.1) is 16.1 Å². The molecular weight excluding hydrogens is 281 g/mol. The second-order valence-electron chi connectivity index (χ2n) is 4.11. The van der Waals surface area contributed by atoms with Crippen LogP contribution in [0.2, 0.25) is 10.0 Å². The van der Waals surface area contributed by atoms with E-state index in [0.717, 1.165) is 0 Å². The number of carboxylic acid groups (broad SMARTS) is 1. The Labute approximate surface area is 113 Å². The number of carbonyl (C=O) groups excluding carboxylic acids is 1. The van der Waals surface area contributed by atoms with Crippen LogP contribution in [-0.4, -0.2) is 46.1 Å². The van der Waals surface area contributed by atoms with Gasteiger partial charge in [0.25, 0.3) is 5.91 Å². The van der Waals surface area contributed by atoms with Gasteiger partial charge in [-0.15, -0.1) is 0 Å². The third kappa shape index (κ3) is 2.26. The fraction of sp³-hybridized carbons (Fsp3) is 0.400. The van der Waals surface area contributed by atoms with Crippen LogP contribution in [0.5, 0.6) is 0 Å². The number of hydrogen-bond donors (Lipinski definition) is 3. The Kier molecular flexibility index (Phi) is 3.41. The molecule has 1 saturated heterocycles. The summed E-state index contributed by atoms with van der Waals surface area (Å²) in [5.41, 5.74) is 0.820. The van der Waals surface area contributed by atoms with E-state index in [4.69, 9.17) is 28.3 Å². The highest BCUT2D eigenvalue weighted by atomic mass is 35.5. The maximum Gasteiger partial charge on any atom is 0.407 e. The molecule has 1 aromatic heterocycles. The summed E-state index contributed by atoms with van der Waals surface area (Å²) >= 11 is 11.8. The Morgan fingerprint density at radius 3 is 2.44 bits per heavy atom. The molecule has 1 aliphatic rings. The molecule has 1 aromatic rings. The summed E-state index contributed by atoms with van der Waals surface area (Å²) in [6, 6.07) is -0.188. The fourth-order valence-electron chi connectivity index (χ4n) is 1.71. The molecule has 0 spiro atoms. The van der Waals surface area contributed by atoms with E-state index in [1.54, 1.807) is 6.92 Å². The van der Waals surface area contributed by atoms with Crippen molar-refractivity contribution in [2.45, 2.75) is 13.0 Å². The number of aromatic nitrogens is 1. The van der Waals surface area contributed by atoms with Crippen molar-refractivity contribution in [2.24, 2.45) is 0 Å². The molecular formula is C10H11Cl2N3O3. The van der Waals surface area contributed by atoms with Crippen LogP contribution in [0, 0.1) is 6.92 Å². The number of rotatable bonds is 2. The van der Waals surface area contributed by atoms with Crippen molar-refractivity contribution in [3.63, 3.8) is 0 Å². The summed E-state index contributed by atoms with van der Waals surface area (Å²) in [6.07, 6.45) is -0.989. The van der Waals surface area contributed by atoms with Gasteiger partial charge in [-0.25, -0.2) is 4.79 Å². The largest absolute Gasteiger partial charge is 0.465 e. The van der Waals surface area contributed by atoms with Crippen LogP contribution in [0.3, 0.4) is 0 Å². The van der Waals surface area contributed by atoms with Crippen molar-refractivity contribution < 1.29 is 14.7 Å². The summed E-state index contributed by atoms with van der Waals surface area (Å²) < 4.78 is 0. The molecule has 2 heterocycles. The van der Waals surface area contributed by atoms with E-state index < -0.39 is 6.09 Å². The zero-order valence-corrected chi connectivity index (χ0v) is 11.0. The van der Waals surface area contributed by atoms with Crippen LogP contribution in [0.15, 0.2) is 0 Å². The molecule has 18 heavy (non-hydrogen) atoms. The number of aromatic amines is 1. The minimum atomic E-state index is -0.989. The van der Waals surface area contributed by atoms with Crippen molar-refractivity contribution in [1.29, 1.82) is 0 Å². The summed E-state index contributed by atoms with van der Waals surface area (Å²) in [5, 5.41) is 11.8. The quantitative estimate of drug-likeness (QED) is 0.776. The van der Waals surface area contributed by atoms with Crippen LogP contribution in [-0.2, 0) is 0 Å². The molecule has 0 unspecified atom stereocenters. The van der Waals surface area contributed by atoms with Gasteiger partial charge in [0.1, 0.15) is 5.69 Å². The SMILES string of the molecule is Cc1[nH]c(C(=O)NC2CN(C(=O)O)C2)c(Cl)c1Cl. The van der Waals surface area contributed by atoms with Crippen LogP contribution in [0.4, 0.5) is 4.79 Å². The first-order valence-electron chi connectivity index (χ1n) is 5.22. The van der Waals surface area contributed by atoms with Gasteiger partial charge in [-0.1, -0.05) is 23.2 Å². The number of H-pyrrole nitrogens is 1. The first-order valence-corrected chi connectivity index (χ1v) is 5.98. The minimum absolute atomic E-state index is 0.182. The van der Waals surface area contributed by atoms with E-state index in [1.807, 2.05) is 0 Å². The Balaban J connectivity index is 1.97. The number of nitrogens with zero attached hydrogens (tertiary/aromatic N) is 1. The van der Waals surface area contributed by atoms with Crippen LogP contribution in [0.25, 0.3) is 0 Å². The van der Waals surface area contributed by atoms with Crippen LogP contribution in [0.1, 0.15) is 16.2 Å². The van der Waals surface area contributed by atoms with Gasteiger partial charge < -0.3 is 20.3 Å². The molecule has 2 amide bonds. The van der Waals surface area contributed by atoms with Gasteiger partial charge in [-0.05, 0) is 6.92 Å². The average molecular weight is 292 g/mol. The molecule has 2 rings (SSSR count). The molecule has 8 heteroatoms. The van der Waals surface area contributed by atoms with Crippen molar-refractivity contribution in [2.75, 3.05) is 13.1 Å². The lowest BCUT2D eigenvalue weighted by atomic mass is 10.1. The lowest BCUT2D eigenvalue weighted by molar-refractivity contribution is 0.0764. The average Bonchev–Trinajstić information content (AvgIpc) is 2.50. The smallest absolute Gasteiger partial charge is 0.407 e. The highest BCUT2D eigenvalue weighted by Gasteiger charge is 2.32. The van der Waals surface area contributed by atoms with Gasteiger partial charge in [0.2, 0.25) is 0 Å². The number of amides is 2. The normalized spacial score (nSPS) is 15.4. The number of nitrogens with one attached hydrogen (secondary N) is 2. The van der Waals surface area contributed by atoms with E-state index in [2.05, 4.69) is 10.3 Å². The standard InChI is InChI=1S/C10H11Cl2N3O3/c1-4-6(11)7(12)8(13-4)9(16)14-5-2-15(3-5)10(17)18/h5,13H,2-3H2,1H3,(H,14,16)(H,17,18). The second-order valence-corrected chi connectivity index (χ2v) is 4.87. The maximum atomic E-state index is 11.9. The third-order valence-corrected chi connectivity index (χ3v) is 3.72. The third-order valence-electron chi connectivity index (χ3n) is 2.77. The van der Waals surface area contributed by atoms with E-state index in [-0.39, 0.29) is 35.8 Å². The number of aryl methyl sites for hydroxylation is 1. The highest BCUT2D eigenvalue weighted by molar-refractivity contribution is 6.44. The van der Waals surface area contributed by atoms with Gasteiger partial charge in [-0.3, -0.25) is 4.79 Å². The van der Waals surface area contributed by atoms with Crippen molar-refractivity contribution in [3.05, 3.63) is 21.4 Å². The van der Waals surface area contributed by atoms with Gasteiger partial charge in [-0.2, -0.15) is 0 Å². The number of hydrogen-bond acceptors (Lipinski definition) is 2. The number of halogens is 2. The monoisotopic (exact) mass is 291 g/mol. The summed E-state index contributed by atoms with van der Waals surface area (Å²) in [6.45, 7) is 2.28. The van der Waals surface area contributed by atoms with Crippen LogP contribution >= 0.6 is 23.2 Å². The summed E-state index contributed by atoms with van der Waals surface area (Å²) in [5.74, 6) is -0.384. The molecule has 0 aliphatic carbocycles. The number of carbonyl (C=O) groups is 2. The van der Waals surface area contributed by atoms with E-state index >= 15 is 0 Å². The Morgan fingerprint density at radius 1 is 1.39 bits per heavy atom. The molecule has 0 saturated carbocycles. The lowest BCUT2D eigenvalue weighted by Gasteiger charge is -2.37. The predicted molar refractivity (Wildman–Crippen MR) is 66.4 cm³/mol. The molecule has 0 atom stereocenters.